The second-order valence-electron chi connectivity index (χ2n) is 7.34. The summed E-state index contributed by atoms with van der Waals surface area (Å²) in [4.78, 5) is 0. The van der Waals surface area contributed by atoms with Crippen molar-refractivity contribution in [2.24, 2.45) is 5.41 Å². The first-order chi connectivity index (χ1) is 9.19. The lowest BCUT2D eigenvalue weighted by molar-refractivity contribution is 0.0469. The van der Waals surface area contributed by atoms with Crippen molar-refractivity contribution in [1.29, 1.82) is 0 Å². The van der Waals surface area contributed by atoms with E-state index in [1.54, 1.807) is 0 Å². The Morgan fingerprint density at radius 1 is 1.10 bits per heavy atom. The highest BCUT2D eigenvalue weighted by Gasteiger charge is 2.23. The van der Waals surface area contributed by atoms with E-state index in [0.717, 1.165) is 24.6 Å². The lowest BCUT2D eigenvalue weighted by Crippen LogP contribution is -2.20. The van der Waals surface area contributed by atoms with E-state index in [1.165, 1.54) is 12.0 Å². The summed E-state index contributed by atoms with van der Waals surface area (Å²) in [6.07, 6.45) is 4.07. The molecule has 1 N–H and O–H groups in total. The highest BCUT2D eigenvalue weighted by atomic mass is 31.0. The Morgan fingerprint density at radius 3 is 2.05 bits per heavy atom. The maximum absolute atomic E-state index is 10.5. The SMILES string of the molecule is CCCC(C)(O)c1ccc(C(CP)CC(C)(C)C)cc1. The van der Waals surface area contributed by atoms with E-state index in [2.05, 4.69) is 61.2 Å². The van der Waals surface area contributed by atoms with Crippen LogP contribution in [0.2, 0.25) is 0 Å². The van der Waals surface area contributed by atoms with Crippen molar-refractivity contribution in [3.05, 3.63) is 35.4 Å². The minimum absolute atomic E-state index is 0.341. The monoisotopic (exact) mass is 294 g/mol. The van der Waals surface area contributed by atoms with Gasteiger partial charge in [-0.15, -0.1) is 9.24 Å². The Labute approximate surface area is 127 Å². The molecular formula is C18H31OP. The van der Waals surface area contributed by atoms with E-state index < -0.39 is 5.60 Å². The normalized spacial score (nSPS) is 16.8. The Kier molecular flexibility index (Phi) is 6.23. The van der Waals surface area contributed by atoms with Gasteiger partial charge in [-0.1, -0.05) is 58.4 Å². The van der Waals surface area contributed by atoms with Crippen molar-refractivity contribution in [3.63, 3.8) is 0 Å². The summed E-state index contributed by atoms with van der Waals surface area (Å²) in [6.45, 7) is 10.9. The van der Waals surface area contributed by atoms with Gasteiger partial charge in [-0.3, -0.25) is 0 Å². The van der Waals surface area contributed by atoms with E-state index >= 15 is 0 Å². The number of hydrogen-bond donors (Lipinski definition) is 1. The number of benzene rings is 1. The molecule has 3 atom stereocenters. The van der Waals surface area contributed by atoms with Crippen molar-refractivity contribution >= 4 is 9.24 Å². The highest BCUT2D eigenvalue weighted by molar-refractivity contribution is 7.16. The van der Waals surface area contributed by atoms with Crippen LogP contribution in [-0.2, 0) is 5.60 Å². The Bertz CT molecular complexity index is 400. The van der Waals surface area contributed by atoms with Gasteiger partial charge in [-0.2, -0.15) is 0 Å². The molecule has 0 fully saturated rings. The topological polar surface area (TPSA) is 20.2 Å². The number of aliphatic hydroxyl groups is 1. The average Bonchev–Trinajstić information content (AvgIpc) is 2.35. The molecule has 1 rings (SSSR count). The predicted octanol–water partition coefficient (Wildman–Crippen LogP) is 5.09. The highest BCUT2D eigenvalue weighted by Crippen LogP contribution is 2.34. The summed E-state index contributed by atoms with van der Waals surface area (Å²) >= 11 is 0. The van der Waals surface area contributed by atoms with E-state index in [0.29, 0.717) is 11.3 Å². The first kappa shape index (κ1) is 17.7. The van der Waals surface area contributed by atoms with Crippen molar-refractivity contribution in [1.82, 2.24) is 0 Å². The molecule has 0 radical (unpaired) electrons. The molecular weight excluding hydrogens is 263 g/mol. The zero-order valence-corrected chi connectivity index (χ0v) is 14.9. The number of rotatable bonds is 6. The van der Waals surface area contributed by atoms with Gasteiger partial charge in [0.25, 0.3) is 0 Å². The minimum atomic E-state index is -0.701. The molecule has 0 aromatic heterocycles. The molecule has 0 aliphatic carbocycles. The molecule has 2 heteroatoms. The summed E-state index contributed by atoms with van der Waals surface area (Å²) in [5.74, 6) is 0.574. The van der Waals surface area contributed by atoms with E-state index in [4.69, 9.17) is 0 Å². The summed E-state index contributed by atoms with van der Waals surface area (Å²) < 4.78 is 0. The predicted molar refractivity (Wildman–Crippen MR) is 92.3 cm³/mol. The first-order valence-corrected chi connectivity index (χ1v) is 8.54. The van der Waals surface area contributed by atoms with Crippen molar-refractivity contribution in [2.75, 3.05) is 6.16 Å². The van der Waals surface area contributed by atoms with Crippen LogP contribution < -0.4 is 0 Å². The molecule has 0 amide bonds. The van der Waals surface area contributed by atoms with E-state index in [1.807, 2.05) is 6.92 Å². The molecule has 0 saturated heterocycles. The van der Waals surface area contributed by atoms with Crippen LogP contribution >= 0.6 is 9.24 Å². The van der Waals surface area contributed by atoms with Crippen LogP contribution in [-0.4, -0.2) is 11.3 Å². The van der Waals surface area contributed by atoms with Gasteiger partial charge in [0.15, 0.2) is 0 Å². The fourth-order valence-electron chi connectivity index (χ4n) is 2.82. The van der Waals surface area contributed by atoms with Gasteiger partial charge in [0.05, 0.1) is 5.60 Å². The third-order valence-corrected chi connectivity index (χ3v) is 4.45. The van der Waals surface area contributed by atoms with Crippen LogP contribution in [0.15, 0.2) is 24.3 Å². The van der Waals surface area contributed by atoms with Gasteiger partial charge < -0.3 is 5.11 Å². The molecule has 114 valence electrons. The quantitative estimate of drug-likeness (QED) is 0.725. The maximum atomic E-state index is 10.5. The zero-order valence-electron chi connectivity index (χ0n) is 13.7. The summed E-state index contributed by atoms with van der Waals surface area (Å²) in [5.41, 5.74) is 2.05. The lowest BCUT2D eigenvalue weighted by Gasteiger charge is -2.27. The van der Waals surface area contributed by atoms with Crippen LogP contribution in [0.5, 0.6) is 0 Å². The molecule has 20 heavy (non-hydrogen) atoms. The zero-order chi connectivity index (χ0) is 15.4. The molecule has 3 unspecified atom stereocenters. The Morgan fingerprint density at radius 2 is 1.65 bits per heavy atom. The second kappa shape index (κ2) is 7.05. The average molecular weight is 294 g/mol. The molecule has 1 nitrogen and oxygen atoms in total. The van der Waals surface area contributed by atoms with Crippen LogP contribution in [0.25, 0.3) is 0 Å². The van der Waals surface area contributed by atoms with Crippen LogP contribution in [0, 0.1) is 5.41 Å². The van der Waals surface area contributed by atoms with Crippen molar-refractivity contribution < 1.29 is 5.11 Å². The van der Waals surface area contributed by atoms with Gasteiger partial charge in [-0.25, -0.2) is 0 Å². The summed E-state index contributed by atoms with van der Waals surface area (Å²) in [6, 6.07) is 8.59. The summed E-state index contributed by atoms with van der Waals surface area (Å²) in [5, 5.41) is 10.5. The first-order valence-electron chi connectivity index (χ1n) is 7.72. The molecule has 0 aliphatic rings. The molecule has 1 aromatic carbocycles. The minimum Gasteiger partial charge on any atom is -0.385 e. The Hall–Kier alpha value is -0.390. The van der Waals surface area contributed by atoms with Gasteiger partial charge in [0, 0.05) is 0 Å². The molecule has 0 heterocycles. The molecule has 0 bridgehead atoms. The molecule has 0 spiro atoms. The van der Waals surface area contributed by atoms with Gasteiger partial charge in [0.2, 0.25) is 0 Å². The van der Waals surface area contributed by atoms with Crippen LogP contribution in [0.1, 0.15) is 70.9 Å². The molecule has 0 aliphatic heterocycles. The van der Waals surface area contributed by atoms with Gasteiger partial charge in [0.1, 0.15) is 0 Å². The molecule has 0 saturated carbocycles. The number of hydrogen-bond acceptors (Lipinski definition) is 1. The Balaban J connectivity index is 2.89. The lowest BCUT2D eigenvalue weighted by atomic mass is 9.81. The standard InChI is InChI=1S/C18H31OP/c1-6-11-18(5,19)16-9-7-14(8-10-16)15(13-20)12-17(2,3)4/h7-10,15,19H,6,11-13,20H2,1-5H3. The van der Waals surface area contributed by atoms with E-state index in [-0.39, 0.29) is 0 Å². The smallest absolute Gasteiger partial charge is 0.0868 e. The van der Waals surface area contributed by atoms with Crippen LogP contribution in [0.3, 0.4) is 0 Å². The second-order valence-corrected chi connectivity index (χ2v) is 7.81. The van der Waals surface area contributed by atoms with Gasteiger partial charge >= 0.3 is 0 Å². The third kappa shape index (κ3) is 5.19. The summed E-state index contributed by atoms with van der Waals surface area (Å²) in [7, 11) is 2.87. The van der Waals surface area contributed by atoms with Crippen molar-refractivity contribution in [3.8, 4) is 0 Å². The van der Waals surface area contributed by atoms with Crippen LogP contribution in [0.4, 0.5) is 0 Å². The largest absolute Gasteiger partial charge is 0.385 e. The van der Waals surface area contributed by atoms with Gasteiger partial charge in [-0.05, 0) is 48.4 Å². The van der Waals surface area contributed by atoms with E-state index in [9.17, 15) is 5.11 Å². The van der Waals surface area contributed by atoms with Crippen molar-refractivity contribution in [2.45, 2.75) is 65.4 Å². The third-order valence-electron chi connectivity index (χ3n) is 3.88. The maximum Gasteiger partial charge on any atom is 0.0868 e. The molecule has 1 aromatic rings. The fourth-order valence-corrected chi connectivity index (χ4v) is 3.26. The fraction of sp³-hybridized carbons (Fsp3) is 0.667.